The number of hydrogen-bond donors (Lipinski definition) is 1. The fraction of sp³-hybridized carbons (Fsp3) is 0.217. The number of ketones is 1. The number of halogens is 3. The molecule has 0 radical (unpaired) electrons. The van der Waals surface area contributed by atoms with Crippen LogP contribution >= 0.6 is 0 Å². The van der Waals surface area contributed by atoms with Crippen molar-refractivity contribution in [2.45, 2.75) is 25.9 Å². The number of nitrogens with one attached hydrogen (secondary N) is 1. The first kappa shape index (κ1) is 20.6. The van der Waals surface area contributed by atoms with Gasteiger partial charge in [-0.1, -0.05) is 55.5 Å². The van der Waals surface area contributed by atoms with Crippen LogP contribution in [0.5, 0.6) is 0 Å². The predicted molar refractivity (Wildman–Crippen MR) is 107 cm³/mol. The zero-order chi connectivity index (χ0) is 20.9. The minimum atomic E-state index is -4.33. The average Bonchev–Trinajstić information content (AvgIpc) is 3.20. The number of aromatic nitrogens is 2. The molecule has 1 heterocycles. The van der Waals surface area contributed by atoms with Crippen molar-refractivity contribution in [1.29, 1.82) is 0 Å². The van der Waals surface area contributed by atoms with Gasteiger partial charge in [0, 0.05) is 24.2 Å². The number of hydrogen-bond acceptors (Lipinski definition) is 2. The summed E-state index contributed by atoms with van der Waals surface area (Å²) >= 11 is 0. The minimum absolute atomic E-state index is 0.102. The van der Waals surface area contributed by atoms with Crippen molar-refractivity contribution in [2.75, 3.05) is 0 Å². The largest absolute Gasteiger partial charge is 0.416 e. The van der Waals surface area contributed by atoms with Gasteiger partial charge in [-0.2, -0.15) is 13.2 Å². The van der Waals surface area contributed by atoms with Crippen molar-refractivity contribution in [3.63, 3.8) is 0 Å². The molecular weight excluding hydrogens is 377 g/mol. The second kappa shape index (κ2) is 8.90. The van der Waals surface area contributed by atoms with Gasteiger partial charge < -0.3 is 4.98 Å². The molecule has 0 saturated heterocycles. The van der Waals surface area contributed by atoms with Gasteiger partial charge in [0.15, 0.2) is 0 Å². The number of rotatable bonds is 7. The molecule has 0 spiro atoms. The van der Waals surface area contributed by atoms with Gasteiger partial charge in [0.25, 0.3) is 0 Å². The summed E-state index contributed by atoms with van der Waals surface area (Å²) < 4.78 is 37.8. The average molecular weight is 398 g/mol. The van der Waals surface area contributed by atoms with Gasteiger partial charge in [0.05, 0.1) is 11.9 Å². The maximum absolute atomic E-state index is 12.6. The molecule has 0 saturated carbocycles. The lowest BCUT2D eigenvalue weighted by Crippen LogP contribution is -2.16. The molecule has 0 fully saturated rings. The normalized spacial score (nSPS) is 13.0. The fourth-order valence-corrected chi connectivity index (χ4v) is 2.94. The number of aromatic amines is 1. The molecule has 1 aromatic heterocycles. The molecule has 150 valence electrons. The van der Waals surface area contributed by atoms with Crippen molar-refractivity contribution in [1.82, 2.24) is 9.97 Å². The van der Waals surface area contributed by atoms with Crippen molar-refractivity contribution < 1.29 is 18.0 Å². The van der Waals surface area contributed by atoms with E-state index in [1.54, 1.807) is 18.6 Å². The Morgan fingerprint density at radius 1 is 1.03 bits per heavy atom. The zero-order valence-corrected chi connectivity index (χ0v) is 15.9. The lowest BCUT2D eigenvalue weighted by atomic mass is 9.95. The molecular formula is C23H21F3N2O. The van der Waals surface area contributed by atoms with Gasteiger partial charge in [-0.05, 0) is 35.2 Å². The van der Waals surface area contributed by atoms with Gasteiger partial charge >= 0.3 is 6.18 Å². The second-order valence-corrected chi connectivity index (χ2v) is 7.02. The van der Waals surface area contributed by atoms with E-state index >= 15 is 0 Å². The first-order chi connectivity index (χ1) is 13.8. The Morgan fingerprint density at radius 3 is 2.14 bits per heavy atom. The maximum Gasteiger partial charge on any atom is 0.416 e. The molecule has 3 rings (SSSR count). The number of carbonyl (C=O) groups excluding carboxylic acids is 1. The molecule has 0 bridgehead atoms. The summed E-state index contributed by atoms with van der Waals surface area (Å²) in [5.41, 5.74) is 2.80. The van der Waals surface area contributed by atoms with Crippen LogP contribution in [0.1, 0.15) is 34.9 Å². The molecule has 29 heavy (non-hydrogen) atoms. The maximum atomic E-state index is 12.6. The number of alkyl halides is 3. The van der Waals surface area contributed by atoms with Crippen LogP contribution in [0.4, 0.5) is 13.2 Å². The summed E-state index contributed by atoms with van der Waals surface area (Å²) in [5.74, 6) is 0.0577. The van der Waals surface area contributed by atoms with Gasteiger partial charge in [-0.25, -0.2) is 4.98 Å². The number of carbonyl (C=O) groups is 1. The van der Waals surface area contributed by atoms with E-state index in [1.807, 2.05) is 37.3 Å². The summed E-state index contributed by atoms with van der Waals surface area (Å²) in [6.07, 6.45) is 3.57. The van der Waals surface area contributed by atoms with Gasteiger partial charge in [0.2, 0.25) is 0 Å². The van der Waals surface area contributed by atoms with Crippen molar-refractivity contribution in [3.8, 4) is 0 Å². The van der Waals surface area contributed by atoms with Crippen LogP contribution in [0.15, 0.2) is 61.1 Å². The summed E-state index contributed by atoms with van der Waals surface area (Å²) in [7, 11) is 0. The van der Waals surface area contributed by atoms with Gasteiger partial charge in [0.1, 0.15) is 5.78 Å². The molecule has 2 aromatic carbocycles. The molecule has 0 aliphatic rings. The summed E-state index contributed by atoms with van der Waals surface area (Å²) in [6, 6.07) is 12.6. The number of H-pyrrole nitrogens is 1. The number of nitrogens with zero attached hydrogens (tertiary/aromatic N) is 1. The van der Waals surface area contributed by atoms with Crippen LogP contribution in [0.25, 0.3) is 12.2 Å². The fourth-order valence-electron chi connectivity index (χ4n) is 2.94. The Kier molecular flexibility index (Phi) is 6.32. The van der Waals surface area contributed by atoms with E-state index in [9.17, 15) is 18.0 Å². The van der Waals surface area contributed by atoms with E-state index in [1.165, 1.54) is 12.1 Å². The highest BCUT2D eigenvalue weighted by Crippen LogP contribution is 2.29. The Balaban J connectivity index is 1.57. The van der Waals surface area contributed by atoms with E-state index in [4.69, 9.17) is 0 Å². The minimum Gasteiger partial charge on any atom is -0.348 e. The third-order valence-corrected chi connectivity index (χ3v) is 4.69. The molecule has 1 atom stereocenters. The Bertz CT molecular complexity index is 957. The monoisotopic (exact) mass is 398 g/mol. The lowest BCUT2D eigenvalue weighted by molar-refractivity contribution is -0.137. The molecule has 0 aliphatic carbocycles. The molecule has 0 aliphatic heterocycles. The van der Waals surface area contributed by atoms with Crippen LogP contribution in [0.2, 0.25) is 0 Å². The molecule has 0 amide bonds. The quantitative estimate of drug-likeness (QED) is 0.528. The van der Waals surface area contributed by atoms with Crippen LogP contribution in [0.3, 0.4) is 0 Å². The summed E-state index contributed by atoms with van der Waals surface area (Å²) in [4.78, 5) is 19.4. The van der Waals surface area contributed by atoms with Crippen LogP contribution in [0, 0.1) is 5.92 Å². The van der Waals surface area contributed by atoms with Crippen molar-refractivity contribution >= 4 is 17.9 Å². The number of benzene rings is 2. The second-order valence-electron chi connectivity index (χ2n) is 7.02. The van der Waals surface area contributed by atoms with E-state index in [2.05, 4.69) is 9.97 Å². The smallest absolute Gasteiger partial charge is 0.348 e. The lowest BCUT2D eigenvalue weighted by Gasteiger charge is -2.09. The summed E-state index contributed by atoms with van der Waals surface area (Å²) in [5, 5.41) is 0. The Labute approximate surface area is 167 Å². The van der Waals surface area contributed by atoms with E-state index in [0.29, 0.717) is 18.4 Å². The highest BCUT2D eigenvalue weighted by atomic mass is 19.4. The first-order valence-corrected chi connectivity index (χ1v) is 9.25. The van der Waals surface area contributed by atoms with Crippen LogP contribution < -0.4 is 0 Å². The molecule has 1 N–H and O–H groups in total. The third-order valence-electron chi connectivity index (χ3n) is 4.69. The number of Topliss-reactive ketones (excluding diaryl/α,β-unsaturated/α-hetero) is 1. The summed E-state index contributed by atoms with van der Waals surface area (Å²) in [6.45, 7) is 1.91. The van der Waals surface area contributed by atoms with E-state index in [-0.39, 0.29) is 11.7 Å². The topological polar surface area (TPSA) is 45.8 Å². The van der Waals surface area contributed by atoms with Gasteiger partial charge in [-0.15, -0.1) is 0 Å². The molecule has 6 heteroatoms. The highest BCUT2D eigenvalue weighted by molar-refractivity contribution is 5.83. The highest BCUT2D eigenvalue weighted by Gasteiger charge is 2.29. The molecule has 0 unspecified atom stereocenters. The predicted octanol–water partition coefficient (Wildman–Crippen LogP) is 5.59. The zero-order valence-electron chi connectivity index (χ0n) is 15.9. The third kappa shape index (κ3) is 5.91. The van der Waals surface area contributed by atoms with Crippen LogP contribution in [-0.4, -0.2) is 15.8 Å². The molecule has 3 nitrogen and oxygen atoms in total. The van der Waals surface area contributed by atoms with Crippen molar-refractivity contribution in [2.24, 2.45) is 5.92 Å². The van der Waals surface area contributed by atoms with Crippen LogP contribution in [-0.2, 0) is 23.8 Å². The Hall–Kier alpha value is -3.15. The standard InChI is InChI=1S/C23H21F3N2O/c1-16(12-21-14-27-15-28-21)22(29)13-19-6-4-17(5-7-19)2-3-18-8-10-20(11-9-18)23(24,25)26/h2-11,14-16H,12-13H2,1H3,(H,27,28)/b3-2+/t16-/m0/s1. The first-order valence-electron chi connectivity index (χ1n) is 9.25. The number of imidazole rings is 1. The van der Waals surface area contributed by atoms with Gasteiger partial charge in [-0.3, -0.25) is 4.79 Å². The molecule has 3 aromatic rings. The van der Waals surface area contributed by atoms with Crippen molar-refractivity contribution in [3.05, 3.63) is 89.0 Å². The van der Waals surface area contributed by atoms with E-state index < -0.39 is 11.7 Å². The van der Waals surface area contributed by atoms with E-state index in [0.717, 1.165) is 29.0 Å². The Morgan fingerprint density at radius 2 is 1.62 bits per heavy atom. The SMILES string of the molecule is C[C@@H](Cc1cnc[nH]1)C(=O)Cc1ccc(/C=C/c2ccc(C(F)(F)F)cc2)cc1.